The van der Waals surface area contributed by atoms with Crippen molar-refractivity contribution in [1.29, 1.82) is 0 Å². The van der Waals surface area contributed by atoms with Crippen LogP contribution in [-0.2, 0) is 14.8 Å². The summed E-state index contributed by atoms with van der Waals surface area (Å²) in [6.45, 7) is 9.54. The van der Waals surface area contributed by atoms with Crippen molar-refractivity contribution < 1.29 is 41.8 Å². The second-order valence-electron chi connectivity index (χ2n) is 12.8. The van der Waals surface area contributed by atoms with Gasteiger partial charge >= 0.3 is 6.03 Å². The predicted octanol–water partition coefficient (Wildman–Crippen LogP) is 5.06. The van der Waals surface area contributed by atoms with Crippen molar-refractivity contribution in [3.8, 4) is 11.5 Å². The van der Waals surface area contributed by atoms with E-state index in [1.165, 1.54) is 35.1 Å². The van der Waals surface area contributed by atoms with E-state index in [2.05, 4.69) is 15.2 Å². The number of aromatic nitrogens is 1. The third kappa shape index (κ3) is 9.67. The quantitative estimate of drug-likeness (QED) is 0.272. The fraction of sp³-hybridized carbons (Fsp3) is 0.514. The molecule has 3 amide bonds. The number of aliphatic hydroxyl groups excluding tert-OH is 1. The summed E-state index contributed by atoms with van der Waals surface area (Å²) < 4.78 is 52.0. The molecule has 3 N–H and O–H groups in total. The number of hydrogen-bond donors (Lipinski definition) is 3. The molecule has 0 aliphatic carbocycles. The highest BCUT2D eigenvalue weighted by molar-refractivity contribution is 7.92. The number of urea groups is 1. The number of nitrogens with one attached hydrogen (secondary N) is 2. The van der Waals surface area contributed by atoms with Crippen LogP contribution in [-0.4, -0.2) is 99.1 Å². The first-order valence-corrected chi connectivity index (χ1v) is 18.2. The molecule has 1 aliphatic heterocycles. The Kier molecular flexibility index (Phi) is 13.1. The van der Waals surface area contributed by atoms with Crippen molar-refractivity contribution in [2.24, 2.45) is 5.92 Å². The number of hydrogen-bond acceptors (Lipinski definition) is 10. The summed E-state index contributed by atoms with van der Waals surface area (Å²) in [6, 6.07) is 9.58. The van der Waals surface area contributed by atoms with Gasteiger partial charge in [0.15, 0.2) is 5.76 Å². The van der Waals surface area contributed by atoms with E-state index in [1.807, 2.05) is 13.8 Å². The molecule has 15 heteroatoms. The summed E-state index contributed by atoms with van der Waals surface area (Å²) in [5.41, 5.74) is 1.39. The number of rotatable bonds is 9. The second kappa shape index (κ2) is 17.1. The molecule has 2 aromatic carbocycles. The van der Waals surface area contributed by atoms with Crippen molar-refractivity contribution >= 4 is 33.3 Å². The topological polar surface area (TPSA) is 173 Å². The van der Waals surface area contributed by atoms with Crippen molar-refractivity contribution in [1.82, 2.24) is 15.0 Å². The van der Waals surface area contributed by atoms with Crippen molar-refractivity contribution in [2.45, 2.75) is 77.0 Å². The van der Waals surface area contributed by atoms with E-state index in [0.717, 1.165) is 12.8 Å². The van der Waals surface area contributed by atoms with Gasteiger partial charge in [0, 0.05) is 38.3 Å². The molecule has 0 fully saturated rings. The summed E-state index contributed by atoms with van der Waals surface area (Å²) in [6.07, 6.45) is 1.50. The molecular weight excluding hydrogens is 666 g/mol. The van der Waals surface area contributed by atoms with E-state index in [-0.39, 0.29) is 53.9 Å². The Morgan fingerprint density at radius 1 is 1.16 bits per heavy atom. The highest BCUT2D eigenvalue weighted by atomic mass is 32.2. The van der Waals surface area contributed by atoms with E-state index in [9.17, 15) is 23.1 Å². The molecule has 4 rings (SSSR count). The number of anilines is 2. The highest BCUT2D eigenvalue weighted by Crippen LogP contribution is 2.30. The fourth-order valence-corrected chi connectivity index (χ4v) is 6.68. The Labute approximate surface area is 294 Å². The number of carbonyl (C=O) groups excluding carboxylic acids is 2. The largest absolute Gasteiger partial charge is 0.497 e. The molecular formula is C35H49N5O9S. The Morgan fingerprint density at radius 3 is 2.52 bits per heavy atom. The van der Waals surface area contributed by atoms with Gasteiger partial charge < -0.3 is 39.0 Å². The number of amides is 3. The first-order valence-electron chi connectivity index (χ1n) is 16.7. The van der Waals surface area contributed by atoms with E-state index in [4.69, 9.17) is 18.7 Å². The van der Waals surface area contributed by atoms with Gasteiger partial charge in [0.25, 0.3) is 15.9 Å². The van der Waals surface area contributed by atoms with Crippen LogP contribution in [0.3, 0.4) is 0 Å². The van der Waals surface area contributed by atoms with Gasteiger partial charge in [0.1, 0.15) is 22.9 Å². The zero-order valence-corrected chi connectivity index (χ0v) is 30.6. The average Bonchev–Trinajstić information content (AvgIpc) is 3.41. The molecule has 0 saturated heterocycles. The molecule has 1 aromatic heterocycles. The Hall–Kier alpha value is -4.34. The standard InChI is InChI=1S/C35H49N5O9S/c1-22-19-40(23(2)21-41)34(42)30-18-27(38-50(44,45)29-14-12-28(46-7)13-15-29)11-16-31(30)48-24(3)10-8-9-17-47-32(22)20-39(6)35(43)36-33-25(4)37-49-26(33)5/h11-16,18,22-24,32,38,41H,8-10,17,19-21H2,1-7H3,(H,36,43)/t22-,23+,24+,32+/m0/s1. The van der Waals surface area contributed by atoms with Crippen molar-refractivity contribution in [3.63, 3.8) is 0 Å². The second-order valence-corrected chi connectivity index (χ2v) is 14.5. The fourth-order valence-electron chi connectivity index (χ4n) is 5.63. The summed E-state index contributed by atoms with van der Waals surface area (Å²) in [5, 5.41) is 17.0. The number of carbonyl (C=O) groups is 2. The van der Waals surface area contributed by atoms with Gasteiger partial charge in [0.2, 0.25) is 0 Å². The van der Waals surface area contributed by atoms with Gasteiger partial charge in [-0.15, -0.1) is 0 Å². The molecule has 1 aliphatic rings. The van der Waals surface area contributed by atoms with E-state index < -0.39 is 28.1 Å². The molecule has 2 heterocycles. The number of fused-ring (bicyclic) bond motifs is 1. The lowest BCUT2D eigenvalue weighted by Crippen LogP contribution is -2.48. The third-order valence-electron chi connectivity index (χ3n) is 8.74. The molecule has 0 bridgehead atoms. The SMILES string of the molecule is COc1ccc(S(=O)(=O)Nc2ccc3c(c2)C(=O)N([C@H](C)CO)C[C@H](C)[C@@H](CN(C)C(=O)Nc2c(C)noc2C)OCCCC[C@@H](C)O3)cc1. The van der Waals surface area contributed by atoms with Crippen LogP contribution in [0.2, 0.25) is 0 Å². The van der Waals surface area contributed by atoms with Gasteiger partial charge in [-0.05, 0) is 89.4 Å². The summed E-state index contributed by atoms with van der Waals surface area (Å²) in [7, 11) is -0.849. The van der Waals surface area contributed by atoms with E-state index in [0.29, 0.717) is 41.7 Å². The van der Waals surface area contributed by atoms with Gasteiger partial charge in [-0.25, -0.2) is 13.2 Å². The van der Waals surface area contributed by atoms with Gasteiger partial charge in [-0.2, -0.15) is 0 Å². The first kappa shape index (κ1) is 38.5. The zero-order valence-electron chi connectivity index (χ0n) is 29.8. The van der Waals surface area contributed by atoms with E-state index in [1.54, 1.807) is 52.1 Å². The number of benzene rings is 2. The molecule has 14 nitrogen and oxygen atoms in total. The van der Waals surface area contributed by atoms with Crippen LogP contribution in [0.15, 0.2) is 51.9 Å². The lowest BCUT2D eigenvalue weighted by molar-refractivity contribution is -0.0115. The summed E-state index contributed by atoms with van der Waals surface area (Å²) in [4.78, 5) is 30.7. The number of likely N-dealkylation sites (N-methyl/N-ethyl adjacent to an activating group) is 1. The smallest absolute Gasteiger partial charge is 0.321 e. The third-order valence-corrected chi connectivity index (χ3v) is 10.1. The highest BCUT2D eigenvalue weighted by Gasteiger charge is 2.31. The number of sulfonamides is 1. The van der Waals surface area contributed by atoms with Gasteiger partial charge in [-0.1, -0.05) is 12.1 Å². The minimum Gasteiger partial charge on any atom is -0.497 e. The number of ether oxygens (including phenoxy) is 3. The minimum atomic E-state index is -4.01. The number of methoxy groups -OCH3 is 1. The van der Waals surface area contributed by atoms with E-state index >= 15 is 0 Å². The molecule has 4 atom stereocenters. The van der Waals surface area contributed by atoms with Gasteiger partial charge in [-0.3, -0.25) is 9.52 Å². The van der Waals surface area contributed by atoms with Crippen LogP contribution in [0.4, 0.5) is 16.2 Å². The number of nitrogens with zero attached hydrogens (tertiary/aromatic N) is 3. The first-order chi connectivity index (χ1) is 23.7. The van der Waals surface area contributed by atoms with Crippen molar-refractivity contribution in [3.05, 3.63) is 59.5 Å². The van der Waals surface area contributed by atoms with Crippen LogP contribution in [0.5, 0.6) is 11.5 Å². The Bertz CT molecular complexity index is 1690. The number of aryl methyl sites for hydroxylation is 2. The van der Waals surface area contributed by atoms with Gasteiger partial charge in [0.05, 0.1) is 42.4 Å². The van der Waals surface area contributed by atoms with Crippen LogP contribution in [0.25, 0.3) is 0 Å². The Morgan fingerprint density at radius 2 is 1.88 bits per heavy atom. The molecule has 50 heavy (non-hydrogen) atoms. The maximum atomic E-state index is 14.4. The maximum Gasteiger partial charge on any atom is 0.321 e. The van der Waals surface area contributed by atoms with Crippen LogP contribution in [0.1, 0.15) is 61.8 Å². The minimum absolute atomic E-state index is 0.0235. The molecule has 3 aromatic rings. The Balaban J connectivity index is 1.63. The summed E-state index contributed by atoms with van der Waals surface area (Å²) in [5.74, 6) is 0.572. The lowest BCUT2D eigenvalue weighted by Gasteiger charge is -2.35. The van der Waals surface area contributed by atoms with Crippen LogP contribution in [0, 0.1) is 19.8 Å². The van der Waals surface area contributed by atoms with Crippen LogP contribution < -0.4 is 19.5 Å². The predicted molar refractivity (Wildman–Crippen MR) is 188 cm³/mol. The average molecular weight is 716 g/mol. The molecule has 274 valence electrons. The lowest BCUT2D eigenvalue weighted by atomic mass is 10.0. The monoisotopic (exact) mass is 715 g/mol. The molecule has 0 saturated carbocycles. The normalized spacial score (nSPS) is 19.8. The summed E-state index contributed by atoms with van der Waals surface area (Å²) >= 11 is 0. The zero-order chi connectivity index (χ0) is 36.6. The molecule has 0 radical (unpaired) electrons. The molecule has 0 unspecified atom stereocenters. The maximum absolute atomic E-state index is 14.4. The van der Waals surface area contributed by atoms with Crippen molar-refractivity contribution in [2.75, 3.05) is 50.5 Å². The van der Waals surface area contributed by atoms with Crippen LogP contribution >= 0.6 is 0 Å². The number of aliphatic hydroxyl groups is 1. The molecule has 0 spiro atoms.